The number of ether oxygens (including phenoxy) is 1. The number of anilines is 1. The summed E-state index contributed by atoms with van der Waals surface area (Å²) in [6.45, 7) is 3.82. The number of fused-ring (bicyclic) bond motifs is 1. The van der Waals surface area contributed by atoms with Crippen molar-refractivity contribution in [2.24, 2.45) is 11.8 Å². The van der Waals surface area contributed by atoms with Crippen LogP contribution in [0.4, 0.5) is 5.69 Å². The van der Waals surface area contributed by atoms with Gasteiger partial charge in [-0.1, -0.05) is 37.5 Å². The fourth-order valence-corrected chi connectivity index (χ4v) is 6.67. The van der Waals surface area contributed by atoms with Gasteiger partial charge in [0, 0.05) is 22.7 Å². The average molecular weight is 484 g/mol. The molecule has 2 saturated heterocycles. The van der Waals surface area contributed by atoms with Crippen LogP contribution in [0.15, 0.2) is 41.3 Å². The smallest absolute Gasteiger partial charge is 0.246 e. The standard InChI is InChI=1S/C26H33N3O4S/c1-15(2)29-22(24(31)27-16-8-5-4-6-9-16)26-13-12-19(33-26)20(21(26)25(29)32)23(30)28-17-10-7-11-18(14-17)34-3/h7,10-16,19-22H,4-6,8-9H2,1-3H3,(H,27,31)(H,28,30)/t19-,20-,21-,22+,26-/m0/s1. The van der Waals surface area contributed by atoms with Crippen molar-refractivity contribution in [3.8, 4) is 0 Å². The third kappa shape index (κ3) is 3.75. The lowest BCUT2D eigenvalue weighted by atomic mass is 9.74. The summed E-state index contributed by atoms with van der Waals surface area (Å²) >= 11 is 1.60. The molecule has 1 aromatic rings. The van der Waals surface area contributed by atoms with E-state index >= 15 is 0 Å². The first kappa shape index (κ1) is 23.4. The number of hydrogen-bond acceptors (Lipinski definition) is 5. The topological polar surface area (TPSA) is 87.7 Å². The molecule has 0 radical (unpaired) electrons. The lowest BCUT2D eigenvalue weighted by Crippen LogP contribution is -2.57. The third-order valence-electron chi connectivity index (χ3n) is 7.71. The summed E-state index contributed by atoms with van der Waals surface area (Å²) in [6, 6.07) is 6.81. The minimum absolute atomic E-state index is 0.131. The molecule has 3 amide bonds. The zero-order chi connectivity index (χ0) is 24.0. The van der Waals surface area contributed by atoms with E-state index in [4.69, 9.17) is 4.74 Å². The first-order valence-electron chi connectivity index (χ1n) is 12.3. The molecule has 5 rings (SSSR count). The van der Waals surface area contributed by atoms with Crippen LogP contribution < -0.4 is 10.6 Å². The fourth-order valence-electron chi connectivity index (χ4n) is 6.22. The second-order valence-corrected chi connectivity index (χ2v) is 11.0. The highest BCUT2D eigenvalue weighted by molar-refractivity contribution is 7.98. The van der Waals surface area contributed by atoms with Gasteiger partial charge in [-0.15, -0.1) is 11.8 Å². The second kappa shape index (κ2) is 9.04. The first-order valence-corrected chi connectivity index (χ1v) is 13.5. The Morgan fingerprint density at radius 1 is 1.18 bits per heavy atom. The molecule has 4 aliphatic rings. The van der Waals surface area contributed by atoms with Gasteiger partial charge in [0.25, 0.3) is 0 Å². The molecule has 1 aromatic carbocycles. The van der Waals surface area contributed by atoms with Crippen LogP contribution in [0.1, 0.15) is 46.0 Å². The SMILES string of the molecule is CSc1cccc(NC(=O)[C@H]2[C@@H]3C=C[C@]4(O3)[C@@H]2C(=O)N(C(C)C)[C@@H]4C(=O)NC2CCCCC2)c1. The van der Waals surface area contributed by atoms with Crippen LogP contribution in [0.3, 0.4) is 0 Å². The van der Waals surface area contributed by atoms with Crippen LogP contribution in [0, 0.1) is 11.8 Å². The predicted molar refractivity (Wildman–Crippen MR) is 131 cm³/mol. The number of benzene rings is 1. The maximum absolute atomic E-state index is 13.7. The minimum atomic E-state index is -1.10. The van der Waals surface area contributed by atoms with Crippen molar-refractivity contribution in [3.63, 3.8) is 0 Å². The van der Waals surface area contributed by atoms with Crippen molar-refractivity contribution in [2.75, 3.05) is 11.6 Å². The Morgan fingerprint density at radius 2 is 1.94 bits per heavy atom. The Hall–Kier alpha value is -2.32. The Kier molecular flexibility index (Phi) is 6.23. The maximum atomic E-state index is 13.7. The summed E-state index contributed by atoms with van der Waals surface area (Å²) in [5.41, 5.74) is -0.413. The average Bonchev–Trinajstić information content (AvgIpc) is 3.47. The zero-order valence-electron chi connectivity index (χ0n) is 20.0. The van der Waals surface area contributed by atoms with Crippen molar-refractivity contribution in [2.45, 2.75) is 80.7 Å². The summed E-state index contributed by atoms with van der Waals surface area (Å²) in [6.07, 6.45) is 10.5. The van der Waals surface area contributed by atoms with Crippen molar-refractivity contribution in [1.82, 2.24) is 10.2 Å². The molecule has 1 aliphatic carbocycles. The van der Waals surface area contributed by atoms with Crippen LogP contribution in [0.2, 0.25) is 0 Å². The summed E-state index contributed by atoms with van der Waals surface area (Å²) in [4.78, 5) is 43.5. The number of rotatable bonds is 6. The van der Waals surface area contributed by atoms with Gasteiger partial charge >= 0.3 is 0 Å². The minimum Gasteiger partial charge on any atom is -0.359 e. The molecule has 5 atom stereocenters. The van der Waals surface area contributed by atoms with E-state index in [-0.39, 0.29) is 29.8 Å². The van der Waals surface area contributed by atoms with E-state index in [1.807, 2.05) is 56.5 Å². The van der Waals surface area contributed by atoms with Crippen LogP contribution in [-0.4, -0.2) is 58.7 Å². The van der Waals surface area contributed by atoms with E-state index < -0.39 is 29.6 Å². The molecule has 7 nitrogen and oxygen atoms in total. The summed E-state index contributed by atoms with van der Waals surface area (Å²) in [5.74, 6) is -1.98. The summed E-state index contributed by atoms with van der Waals surface area (Å²) < 4.78 is 6.37. The molecule has 182 valence electrons. The lowest BCUT2D eigenvalue weighted by Gasteiger charge is -2.35. The molecule has 3 fully saturated rings. The summed E-state index contributed by atoms with van der Waals surface area (Å²) in [5, 5.41) is 6.19. The van der Waals surface area contributed by atoms with Crippen molar-refractivity contribution < 1.29 is 19.1 Å². The number of carbonyl (C=O) groups excluding carboxylic acids is 3. The van der Waals surface area contributed by atoms with Gasteiger partial charge < -0.3 is 20.3 Å². The highest BCUT2D eigenvalue weighted by atomic mass is 32.2. The van der Waals surface area contributed by atoms with E-state index in [1.54, 1.807) is 16.7 Å². The van der Waals surface area contributed by atoms with E-state index in [1.165, 1.54) is 6.42 Å². The predicted octanol–water partition coefficient (Wildman–Crippen LogP) is 3.35. The van der Waals surface area contributed by atoms with Gasteiger partial charge in [0.15, 0.2) is 0 Å². The van der Waals surface area contributed by atoms with Crippen LogP contribution >= 0.6 is 11.8 Å². The van der Waals surface area contributed by atoms with Crippen LogP contribution in [-0.2, 0) is 19.1 Å². The highest BCUT2D eigenvalue weighted by Crippen LogP contribution is 2.55. The van der Waals surface area contributed by atoms with Gasteiger partial charge in [0.2, 0.25) is 17.7 Å². The number of hydrogen-bond donors (Lipinski definition) is 2. The largest absolute Gasteiger partial charge is 0.359 e. The van der Waals surface area contributed by atoms with E-state index in [2.05, 4.69) is 10.6 Å². The van der Waals surface area contributed by atoms with Crippen LogP contribution in [0.5, 0.6) is 0 Å². The molecule has 3 aliphatic heterocycles. The molecule has 3 heterocycles. The van der Waals surface area contributed by atoms with E-state index in [0.29, 0.717) is 5.69 Å². The lowest BCUT2D eigenvalue weighted by molar-refractivity contribution is -0.143. The van der Waals surface area contributed by atoms with E-state index in [9.17, 15) is 14.4 Å². The molecule has 2 N–H and O–H groups in total. The Morgan fingerprint density at radius 3 is 2.65 bits per heavy atom. The zero-order valence-corrected chi connectivity index (χ0v) is 20.8. The number of nitrogens with zero attached hydrogens (tertiary/aromatic N) is 1. The van der Waals surface area contributed by atoms with Crippen molar-refractivity contribution in [3.05, 3.63) is 36.4 Å². The molecular formula is C26H33N3O4S. The Labute approximate surface area is 205 Å². The fraction of sp³-hybridized carbons (Fsp3) is 0.577. The first-order chi connectivity index (χ1) is 16.4. The number of nitrogens with one attached hydrogen (secondary N) is 2. The van der Waals surface area contributed by atoms with Gasteiger partial charge in [-0.25, -0.2) is 0 Å². The van der Waals surface area contributed by atoms with Crippen LogP contribution in [0.25, 0.3) is 0 Å². The van der Waals surface area contributed by atoms with Gasteiger partial charge in [-0.2, -0.15) is 0 Å². The Bertz CT molecular complexity index is 1020. The molecule has 0 aromatic heterocycles. The number of thioether (sulfide) groups is 1. The maximum Gasteiger partial charge on any atom is 0.246 e. The van der Waals surface area contributed by atoms with Gasteiger partial charge in [-0.3, -0.25) is 14.4 Å². The quantitative estimate of drug-likeness (QED) is 0.479. The molecular weight excluding hydrogens is 450 g/mol. The number of likely N-dealkylation sites (tertiary alicyclic amines) is 1. The molecule has 1 spiro atoms. The monoisotopic (exact) mass is 483 g/mol. The van der Waals surface area contributed by atoms with Crippen molar-refractivity contribution >= 4 is 35.2 Å². The highest BCUT2D eigenvalue weighted by Gasteiger charge is 2.73. The van der Waals surface area contributed by atoms with E-state index in [0.717, 1.165) is 30.6 Å². The molecule has 8 heteroatoms. The normalized spacial score (nSPS) is 32.4. The Balaban J connectivity index is 1.42. The summed E-state index contributed by atoms with van der Waals surface area (Å²) in [7, 11) is 0. The molecule has 0 unspecified atom stereocenters. The van der Waals surface area contributed by atoms with Gasteiger partial charge in [0.05, 0.1) is 17.9 Å². The van der Waals surface area contributed by atoms with Crippen molar-refractivity contribution in [1.29, 1.82) is 0 Å². The second-order valence-electron chi connectivity index (χ2n) is 10.1. The third-order valence-corrected chi connectivity index (χ3v) is 8.43. The molecule has 1 saturated carbocycles. The molecule has 34 heavy (non-hydrogen) atoms. The van der Waals surface area contributed by atoms with Gasteiger partial charge in [0.1, 0.15) is 11.6 Å². The number of amides is 3. The molecule has 2 bridgehead atoms. The number of carbonyl (C=O) groups is 3. The van der Waals surface area contributed by atoms with Gasteiger partial charge in [-0.05, 0) is 51.1 Å².